The number of aromatic amines is 2. The number of pyridine rings is 1. The number of nitrogens with one attached hydrogen (secondary N) is 2. The van der Waals surface area contributed by atoms with Gasteiger partial charge < -0.3 is 14.6 Å². The van der Waals surface area contributed by atoms with Crippen LogP contribution in [-0.2, 0) is 6.42 Å². The molecular formula is C22H21N5O2. The molecule has 2 N–H and O–H groups in total. The van der Waals surface area contributed by atoms with Crippen molar-refractivity contribution < 1.29 is 9.53 Å². The van der Waals surface area contributed by atoms with Crippen molar-refractivity contribution in [1.82, 2.24) is 25.1 Å². The summed E-state index contributed by atoms with van der Waals surface area (Å²) in [5.74, 6) is 0.773. The fourth-order valence-corrected chi connectivity index (χ4v) is 4.19. The maximum absolute atomic E-state index is 13.1. The third kappa shape index (κ3) is 2.77. The Bertz CT molecular complexity index is 1190. The third-order valence-corrected chi connectivity index (χ3v) is 5.64. The van der Waals surface area contributed by atoms with Crippen molar-refractivity contribution in [2.24, 2.45) is 0 Å². The van der Waals surface area contributed by atoms with E-state index in [9.17, 15) is 4.79 Å². The van der Waals surface area contributed by atoms with E-state index in [-0.39, 0.29) is 11.9 Å². The molecule has 5 rings (SSSR count). The Hall–Kier alpha value is -3.61. The lowest BCUT2D eigenvalue weighted by Gasteiger charge is -2.26. The molecule has 1 aromatic carbocycles. The van der Waals surface area contributed by atoms with Crippen LogP contribution < -0.4 is 4.74 Å². The molecule has 146 valence electrons. The van der Waals surface area contributed by atoms with Gasteiger partial charge in [0.05, 0.1) is 13.2 Å². The number of ether oxygens (including phenoxy) is 1. The van der Waals surface area contributed by atoms with Gasteiger partial charge in [0.15, 0.2) is 5.69 Å². The molecule has 1 atom stereocenters. The van der Waals surface area contributed by atoms with Gasteiger partial charge in [-0.25, -0.2) is 0 Å². The van der Waals surface area contributed by atoms with Gasteiger partial charge in [-0.15, -0.1) is 0 Å². The van der Waals surface area contributed by atoms with Gasteiger partial charge in [-0.05, 0) is 48.7 Å². The van der Waals surface area contributed by atoms with E-state index in [0.717, 1.165) is 45.5 Å². The highest BCUT2D eigenvalue weighted by Gasteiger charge is 2.41. The SMILES string of the molecule is COc1ccc2[nH]cc(CCN3C(=O)c4n[nH]c(C)c4[C@@H]3c3cccnc3)c2c1. The fraction of sp³-hybridized carbons (Fsp3) is 0.227. The molecule has 1 amide bonds. The molecule has 0 aliphatic carbocycles. The zero-order chi connectivity index (χ0) is 20.0. The summed E-state index contributed by atoms with van der Waals surface area (Å²) < 4.78 is 5.36. The number of amides is 1. The van der Waals surface area contributed by atoms with Gasteiger partial charge in [-0.3, -0.25) is 14.9 Å². The molecule has 29 heavy (non-hydrogen) atoms. The maximum atomic E-state index is 13.1. The Morgan fingerprint density at radius 1 is 1.28 bits per heavy atom. The second-order valence-electron chi connectivity index (χ2n) is 7.27. The minimum atomic E-state index is -0.176. The van der Waals surface area contributed by atoms with Crippen LogP contribution in [0.4, 0.5) is 0 Å². The topological polar surface area (TPSA) is 86.9 Å². The first-order valence-electron chi connectivity index (χ1n) is 9.57. The lowest BCUT2D eigenvalue weighted by atomic mass is 10.0. The minimum Gasteiger partial charge on any atom is -0.497 e. The van der Waals surface area contributed by atoms with Crippen molar-refractivity contribution in [2.75, 3.05) is 13.7 Å². The van der Waals surface area contributed by atoms with Crippen molar-refractivity contribution >= 4 is 16.8 Å². The predicted octanol–water partition coefficient (Wildman–Crippen LogP) is 3.39. The van der Waals surface area contributed by atoms with Gasteiger partial charge in [0.2, 0.25) is 0 Å². The summed E-state index contributed by atoms with van der Waals surface area (Å²) in [6.45, 7) is 2.54. The van der Waals surface area contributed by atoms with Crippen molar-refractivity contribution in [1.29, 1.82) is 0 Å². The maximum Gasteiger partial charge on any atom is 0.275 e. The molecule has 4 aromatic rings. The number of nitrogens with zero attached hydrogens (tertiary/aromatic N) is 3. The first-order chi connectivity index (χ1) is 14.2. The lowest BCUT2D eigenvalue weighted by Crippen LogP contribution is -2.31. The summed E-state index contributed by atoms with van der Waals surface area (Å²) >= 11 is 0. The molecule has 3 aromatic heterocycles. The summed E-state index contributed by atoms with van der Waals surface area (Å²) in [4.78, 5) is 22.6. The first kappa shape index (κ1) is 17.5. The summed E-state index contributed by atoms with van der Waals surface area (Å²) in [5.41, 5.74) is 5.58. The molecule has 1 aliphatic heterocycles. The summed E-state index contributed by atoms with van der Waals surface area (Å²) in [6, 6.07) is 9.71. The number of hydrogen-bond acceptors (Lipinski definition) is 4. The zero-order valence-corrected chi connectivity index (χ0v) is 16.3. The van der Waals surface area contributed by atoms with Crippen LogP contribution in [0.1, 0.15) is 38.9 Å². The zero-order valence-electron chi connectivity index (χ0n) is 16.3. The van der Waals surface area contributed by atoms with Crippen molar-refractivity contribution in [3.63, 3.8) is 0 Å². The van der Waals surface area contributed by atoms with Gasteiger partial charge in [0, 0.05) is 47.3 Å². The van der Waals surface area contributed by atoms with Crippen LogP contribution >= 0.6 is 0 Å². The number of fused-ring (bicyclic) bond motifs is 2. The van der Waals surface area contributed by atoms with Crippen molar-refractivity contribution in [3.05, 3.63) is 77.0 Å². The molecule has 0 spiro atoms. The Kier molecular flexibility index (Phi) is 4.08. The van der Waals surface area contributed by atoms with E-state index < -0.39 is 0 Å². The Morgan fingerprint density at radius 3 is 2.97 bits per heavy atom. The van der Waals surface area contributed by atoms with Crippen LogP contribution in [0.3, 0.4) is 0 Å². The van der Waals surface area contributed by atoms with Crippen LogP contribution in [0.2, 0.25) is 0 Å². The lowest BCUT2D eigenvalue weighted by molar-refractivity contribution is 0.0745. The van der Waals surface area contributed by atoms with Gasteiger partial charge in [-0.2, -0.15) is 5.10 Å². The number of carbonyl (C=O) groups excluding carboxylic acids is 1. The summed E-state index contributed by atoms with van der Waals surface area (Å²) in [7, 11) is 1.67. The van der Waals surface area contributed by atoms with Crippen LogP contribution in [0, 0.1) is 6.92 Å². The highest BCUT2D eigenvalue weighted by Crippen LogP contribution is 2.39. The van der Waals surface area contributed by atoms with Gasteiger partial charge in [0.1, 0.15) is 5.75 Å². The number of methoxy groups -OCH3 is 1. The number of hydrogen-bond donors (Lipinski definition) is 2. The number of aryl methyl sites for hydroxylation is 1. The van der Waals surface area contributed by atoms with E-state index in [1.807, 2.05) is 54.5 Å². The van der Waals surface area contributed by atoms with E-state index in [2.05, 4.69) is 20.2 Å². The molecule has 4 heterocycles. The molecular weight excluding hydrogens is 366 g/mol. The smallest absolute Gasteiger partial charge is 0.275 e. The molecule has 0 unspecified atom stereocenters. The number of H-pyrrole nitrogens is 2. The monoisotopic (exact) mass is 387 g/mol. The van der Waals surface area contributed by atoms with Crippen LogP contribution in [-0.4, -0.2) is 44.6 Å². The Balaban J connectivity index is 1.48. The van der Waals surface area contributed by atoms with Gasteiger partial charge in [-0.1, -0.05) is 6.07 Å². The second-order valence-corrected chi connectivity index (χ2v) is 7.27. The molecule has 0 fully saturated rings. The van der Waals surface area contributed by atoms with Gasteiger partial charge >= 0.3 is 0 Å². The number of rotatable bonds is 5. The molecule has 7 heteroatoms. The van der Waals surface area contributed by atoms with E-state index in [4.69, 9.17) is 4.74 Å². The predicted molar refractivity (Wildman–Crippen MR) is 109 cm³/mol. The normalized spacial score (nSPS) is 15.9. The standard InChI is InChI=1S/C22H21N5O2/c1-13-19-20(26-25-13)22(28)27(21(19)15-4-3-8-23-11-15)9-7-14-12-24-18-6-5-16(29-2)10-17(14)18/h3-6,8,10-12,21,24H,7,9H2,1-2H3,(H,25,26)/t21-/m0/s1. The molecule has 0 bridgehead atoms. The summed E-state index contributed by atoms with van der Waals surface area (Å²) in [6.07, 6.45) is 6.30. The number of carbonyl (C=O) groups is 1. The van der Waals surface area contributed by atoms with Crippen molar-refractivity contribution in [2.45, 2.75) is 19.4 Å². The Labute approximate surface area is 167 Å². The molecule has 0 saturated carbocycles. The van der Waals surface area contributed by atoms with E-state index in [1.54, 1.807) is 13.3 Å². The van der Waals surface area contributed by atoms with E-state index >= 15 is 0 Å². The van der Waals surface area contributed by atoms with Crippen LogP contribution in [0.15, 0.2) is 48.9 Å². The van der Waals surface area contributed by atoms with Crippen LogP contribution in [0.5, 0.6) is 5.75 Å². The largest absolute Gasteiger partial charge is 0.497 e. The first-order valence-corrected chi connectivity index (χ1v) is 9.57. The molecule has 1 aliphatic rings. The fourth-order valence-electron chi connectivity index (χ4n) is 4.19. The average molecular weight is 387 g/mol. The second kappa shape index (κ2) is 6.77. The Morgan fingerprint density at radius 2 is 2.17 bits per heavy atom. The third-order valence-electron chi connectivity index (χ3n) is 5.64. The number of benzene rings is 1. The quantitative estimate of drug-likeness (QED) is 0.550. The van der Waals surface area contributed by atoms with E-state index in [1.165, 1.54) is 0 Å². The van der Waals surface area contributed by atoms with E-state index in [0.29, 0.717) is 12.2 Å². The van der Waals surface area contributed by atoms with Gasteiger partial charge in [0.25, 0.3) is 5.91 Å². The minimum absolute atomic E-state index is 0.0457. The molecule has 0 saturated heterocycles. The number of aromatic nitrogens is 4. The van der Waals surface area contributed by atoms with Crippen molar-refractivity contribution in [3.8, 4) is 5.75 Å². The molecule has 0 radical (unpaired) electrons. The van der Waals surface area contributed by atoms with Crippen LogP contribution in [0.25, 0.3) is 10.9 Å². The summed E-state index contributed by atoms with van der Waals surface area (Å²) in [5, 5.41) is 8.34. The highest BCUT2D eigenvalue weighted by molar-refractivity contribution is 5.98. The average Bonchev–Trinajstić information content (AvgIpc) is 3.41. The highest BCUT2D eigenvalue weighted by atomic mass is 16.5. The molecule has 7 nitrogen and oxygen atoms in total.